The maximum absolute atomic E-state index is 13.6. The first-order valence-corrected chi connectivity index (χ1v) is 6.25. The van der Waals surface area contributed by atoms with Crippen LogP contribution in [0, 0.1) is 5.82 Å². The first-order valence-electron chi connectivity index (χ1n) is 6.25. The minimum Gasteiger partial charge on any atom is -0.381 e. The van der Waals surface area contributed by atoms with E-state index < -0.39 is 5.82 Å². The second kappa shape index (κ2) is 5.99. The molecule has 0 aliphatic carbocycles. The van der Waals surface area contributed by atoms with Gasteiger partial charge in [0.15, 0.2) is 0 Å². The number of amides is 1. The van der Waals surface area contributed by atoms with Crippen molar-refractivity contribution >= 4 is 11.6 Å². The minimum atomic E-state index is -0.534. The van der Waals surface area contributed by atoms with Crippen LogP contribution in [0.1, 0.15) is 23.2 Å². The van der Waals surface area contributed by atoms with Gasteiger partial charge in [-0.3, -0.25) is 10.6 Å². The average Bonchev–Trinajstić information content (AvgIpc) is 2.46. The smallest absolute Gasteiger partial charge is 0.256 e. The Morgan fingerprint density at radius 1 is 1.47 bits per heavy atom. The third kappa shape index (κ3) is 2.85. The zero-order valence-electron chi connectivity index (χ0n) is 10.9. The molecule has 1 aliphatic heterocycles. The van der Waals surface area contributed by atoms with Crippen LogP contribution in [-0.4, -0.2) is 37.1 Å². The van der Waals surface area contributed by atoms with Crippen LogP contribution in [-0.2, 0) is 4.74 Å². The number of nitrogens with two attached hydrogens (primary N) is 1. The van der Waals surface area contributed by atoms with E-state index in [9.17, 15) is 9.18 Å². The molecule has 0 bridgehead atoms. The number of rotatable bonds is 3. The summed E-state index contributed by atoms with van der Waals surface area (Å²) in [6.07, 6.45) is 1.59. The average molecular weight is 267 g/mol. The molecule has 19 heavy (non-hydrogen) atoms. The van der Waals surface area contributed by atoms with Gasteiger partial charge in [-0.1, -0.05) is 6.07 Å². The summed E-state index contributed by atoms with van der Waals surface area (Å²) in [5.41, 5.74) is 2.54. The quantitative estimate of drug-likeness (QED) is 0.641. The highest BCUT2D eigenvalue weighted by Gasteiger charge is 2.25. The molecule has 1 fully saturated rings. The number of carbonyl (C=O) groups is 1. The van der Waals surface area contributed by atoms with Crippen LogP contribution in [0.4, 0.5) is 10.1 Å². The number of nitrogens with one attached hydrogen (secondary N) is 1. The van der Waals surface area contributed by atoms with E-state index in [4.69, 9.17) is 10.6 Å². The van der Waals surface area contributed by atoms with Crippen molar-refractivity contribution in [3.8, 4) is 0 Å². The fraction of sp³-hybridized carbons (Fsp3) is 0.462. The molecule has 0 unspecified atom stereocenters. The third-order valence-electron chi connectivity index (χ3n) is 3.45. The van der Waals surface area contributed by atoms with Crippen molar-refractivity contribution in [1.82, 2.24) is 4.90 Å². The van der Waals surface area contributed by atoms with Gasteiger partial charge in [-0.05, 0) is 25.0 Å². The molecule has 104 valence electrons. The van der Waals surface area contributed by atoms with Crippen molar-refractivity contribution in [3.63, 3.8) is 0 Å². The van der Waals surface area contributed by atoms with Crippen LogP contribution in [0.5, 0.6) is 0 Å². The van der Waals surface area contributed by atoms with Crippen molar-refractivity contribution in [2.24, 2.45) is 5.84 Å². The molecule has 2 rings (SSSR count). The second-order valence-electron chi connectivity index (χ2n) is 4.57. The molecule has 6 heteroatoms. The predicted molar refractivity (Wildman–Crippen MR) is 70.1 cm³/mol. The molecule has 1 heterocycles. The Morgan fingerprint density at radius 3 is 2.79 bits per heavy atom. The largest absolute Gasteiger partial charge is 0.381 e. The maximum atomic E-state index is 13.6. The van der Waals surface area contributed by atoms with Gasteiger partial charge >= 0.3 is 0 Å². The molecule has 0 spiro atoms. The molecule has 1 amide bonds. The number of carbonyl (C=O) groups excluding carboxylic acids is 1. The molecular weight excluding hydrogens is 249 g/mol. The van der Waals surface area contributed by atoms with E-state index in [2.05, 4.69) is 5.43 Å². The summed E-state index contributed by atoms with van der Waals surface area (Å²) in [6, 6.07) is 4.45. The topological polar surface area (TPSA) is 67.6 Å². The van der Waals surface area contributed by atoms with Gasteiger partial charge in [-0.2, -0.15) is 0 Å². The monoisotopic (exact) mass is 267 g/mol. The van der Waals surface area contributed by atoms with Crippen molar-refractivity contribution in [3.05, 3.63) is 29.6 Å². The molecule has 1 aromatic rings. The predicted octanol–water partition coefficient (Wildman–Crippen LogP) is 1.36. The van der Waals surface area contributed by atoms with E-state index in [0.29, 0.717) is 13.2 Å². The Morgan fingerprint density at radius 2 is 2.16 bits per heavy atom. The van der Waals surface area contributed by atoms with Gasteiger partial charge in [0, 0.05) is 26.3 Å². The van der Waals surface area contributed by atoms with Gasteiger partial charge < -0.3 is 15.1 Å². The van der Waals surface area contributed by atoms with Crippen LogP contribution in [0.3, 0.4) is 0 Å². The van der Waals surface area contributed by atoms with Gasteiger partial charge in [-0.25, -0.2) is 4.39 Å². The highest BCUT2D eigenvalue weighted by molar-refractivity contribution is 5.99. The van der Waals surface area contributed by atoms with E-state index in [1.165, 1.54) is 12.1 Å². The Balaban J connectivity index is 2.21. The molecule has 5 nitrogen and oxygen atoms in total. The normalized spacial score (nSPS) is 16.2. The molecule has 0 atom stereocenters. The number of hydrogen-bond acceptors (Lipinski definition) is 4. The second-order valence-corrected chi connectivity index (χ2v) is 4.57. The highest BCUT2D eigenvalue weighted by Crippen LogP contribution is 2.22. The summed E-state index contributed by atoms with van der Waals surface area (Å²) in [5, 5.41) is 0. The number of anilines is 1. The molecule has 0 aromatic heterocycles. The number of nitrogens with zero attached hydrogens (tertiary/aromatic N) is 1. The van der Waals surface area contributed by atoms with Crippen molar-refractivity contribution in [2.75, 3.05) is 25.7 Å². The number of para-hydroxylation sites is 1. The zero-order chi connectivity index (χ0) is 13.8. The molecule has 1 saturated heterocycles. The molecule has 0 radical (unpaired) electrons. The van der Waals surface area contributed by atoms with E-state index >= 15 is 0 Å². The lowest BCUT2D eigenvalue weighted by Crippen LogP contribution is -2.41. The SMILES string of the molecule is CN(C(=O)c1cccc(F)c1NN)C1CCOCC1. The van der Waals surface area contributed by atoms with Gasteiger partial charge in [0.05, 0.1) is 11.3 Å². The molecule has 3 N–H and O–H groups in total. The molecular formula is C13H18FN3O2. The highest BCUT2D eigenvalue weighted by atomic mass is 19.1. The van der Waals surface area contributed by atoms with Crippen molar-refractivity contribution < 1.29 is 13.9 Å². The summed E-state index contributed by atoms with van der Waals surface area (Å²) in [5.74, 6) is 4.52. The zero-order valence-corrected chi connectivity index (χ0v) is 10.9. The van der Waals surface area contributed by atoms with Crippen LogP contribution in [0.25, 0.3) is 0 Å². The van der Waals surface area contributed by atoms with Gasteiger partial charge in [0.2, 0.25) is 0 Å². The van der Waals surface area contributed by atoms with Crippen LogP contribution < -0.4 is 11.3 Å². The Kier molecular flexibility index (Phi) is 4.34. The number of hydrogen-bond donors (Lipinski definition) is 2. The Bertz CT molecular complexity index is 461. The number of benzene rings is 1. The number of nitrogen functional groups attached to an aromatic ring is 1. The van der Waals surface area contributed by atoms with E-state index in [1.807, 2.05) is 0 Å². The fourth-order valence-corrected chi connectivity index (χ4v) is 2.28. The van der Waals surface area contributed by atoms with Crippen molar-refractivity contribution in [1.29, 1.82) is 0 Å². The summed E-state index contributed by atoms with van der Waals surface area (Å²) in [4.78, 5) is 14.0. The van der Waals surface area contributed by atoms with Gasteiger partial charge in [0.1, 0.15) is 5.82 Å². The lowest BCUT2D eigenvalue weighted by atomic mass is 10.1. The summed E-state index contributed by atoms with van der Waals surface area (Å²) in [7, 11) is 1.73. The summed E-state index contributed by atoms with van der Waals surface area (Å²) < 4.78 is 18.9. The summed E-state index contributed by atoms with van der Waals surface area (Å²) in [6.45, 7) is 1.29. The van der Waals surface area contributed by atoms with Crippen LogP contribution in [0.2, 0.25) is 0 Å². The third-order valence-corrected chi connectivity index (χ3v) is 3.45. The first kappa shape index (κ1) is 13.8. The molecule has 1 aliphatic rings. The van der Waals surface area contributed by atoms with Crippen molar-refractivity contribution in [2.45, 2.75) is 18.9 Å². The lowest BCUT2D eigenvalue weighted by molar-refractivity contribution is 0.0362. The molecule has 0 saturated carbocycles. The lowest BCUT2D eigenvalue weighted by Gasteiger charge is -2.31. The standard InChI is InChI=1S/C13H18FN3O2/c1-17(9-5-7-19-8-6-9)13(18)10-3-2-4-11(14)12(10)16-15/h2-4,9,16H,5-8,15H2,1H3. The van der Waals surface area contributed by atoms with E-state index in [1.54, 1.807) is 18.0 Å². The maximum Gasteiger partial charge on any atom is 0.256 e. The van der Waals surface area contributed by atoms with Gasteiger partial charge in [-0.15, -0.1) is 0 Å². The number of hydrazine groups is 1. The van der Waals surface area contributed by atoms with E-state index in [0.717, 1.165) is 12.8 Å². The fourth-order valence-electron chi connectivity index (χ4n) is 2.28. The van der Waals surface area contributed by atoms with E-state index in [-0.39, 0.29) is 23.2 Å². The minimum absolute atomic E-state index is 0.0337. The Labute approximate surface area is 111 Å². The summed E-state index contributed by atoms with van der Waals surface area (Å²) >= 11 is 0. The number of halogens is 1. The van der Waals surface area contributed by atoms with Crippen LogP contribution >= 0.6 is 0 Å². The van der Waals surface area contributed by atoms with Gasteiger partial charge in [0.25, 0.3) is 5.91 Å². The first-order chi connectivity index (χ1) is 9.15. The van der Waals surface area contributed by atoms with Crippen LogP contribution in [0.15, 0.2) is 18.2 Å². The Hall–Kier alpha value is -1.66. The molecule has 1 aromatic carbocycles. The number of ether oxygens (including phenoxy) is 1.